The van der Waals surface area contributed by atoms with Crippen LogP contribution in [0, 0.1) is 0 Å². The summed E-state index contributed by atoms with van der Waals surface area (Å²) < 4.78 is 0. The second-order valence-corrected chi connectivity index (χ2v) is 3.71. The van der Waals surface area contributed by atoms with Crippen LogP contribution in [0.25, 0.3) is 0 Å². The second kappa shape index (κ2) is 9.73. The first-order chi connectivity index (χ1) is 8.56. The lowest BCUT2D eigenvalue weighted by Crippen LogP contribution is -2.40. The highest BCUT2D eigenvalue weighted by atomic mass is 16.4. The normalized spacial score (nSPS) is 14.9. The third kappa shape index (κ3) is 6.46. The van der Waals surface area contributed by atoms with Crippen molar-refractivity contribution in [2.24, 2.45) is 0 Å². The van der Waals surface area contributed by atoms with Crippen molar-refractivity contribution in [2.45, 2.75) is 31.7 Å². The lowest BCUT2D eigenvalue weighted by molar-refractivity contribution is -0.127. The van der Waals surface area contributed by atoms with Gasteiger partial charge in [0.25, 0.3) is 0 Å². The monoisotopic (exact) mass is 256 g/mol. The number of aryl methyl sites for hydroxylation is 1. The van der Waals surface area contributed by atoms with E-state index >= 15 is 0 Å². The zero-order valence-electron chi connectivity index (χ0n) is 10.3. The van der Waals surface area contributed by atoms with E-state index in [0.29, 0.717) is 0 Å². The third-order valence-electron chi connectivity index (χ3n) is 2.32. The number of hydrogen-bond donors (Lipinski definition) is 4. The fourth-order valence-corrected chi connectivity index (χ4v) is 1.13. The Bertz CT molecular complexity index is 314. The molecule has 0 heterocycles. The highest BCUT2D eigenvalue weighted by molar-refractivity contribution is 5.56. The SMILES string of the molecule is CCc1ccccc1.O=CC(O)C(O)C(O)CO. The fraction of sp³-hybridized carbons (Fsp3) is 0.462. The Balaban J connectivity index is 0.000000327. The van der Waals surface area contributed by atoms with Gasteiger partial charge in [0, 0.05) is 0 Å². The molecule has 0 saturated heterocycles. The van der Waals surface area contributed by atoms with E-state index in [2.05, 4.69) is 31.2 Å². The average molecular weight is 256 g/mol. The van der Waals surface area contributed by atoms with Crippen LogP contribution in [-0.2, 0) is 11.2 Å². The van der Waals surface area contributed by atoms with E-state index in [1.165, 1.54) is 5.56 Å². The largest absolute Gasteiger partial charge is 0.394 e. The molecule has 3 unspecified atom stereocenters. The summed E-state index contributed by atoms with van der Waals surface area (Å²) in [5.74, 6) is 0. The van der Waals surface area contributed by atoms with Gasteiger partial charge in [-0.3, -0.25) is 0 Å². The number of carbonyl (C=O) groups excluding carboxylic acids is 1. The molecule has 4 N–H and O–H groups in total. The Labute approximate surface area is 106 Å². The van der Waals surface area contributed by atoms with Gasteiger partial charge in [0.15, 0.2) is 6.29 Å². The van der Waals surface area contributed by atoms with Crippen molar-refractivity contribution in [1.29, 1.82) is 0 Å². The number of aldehydes is 1. The molecule has 0 saturated carbocycles. The Morgan fingerprint density at radius 3 is 2.06 bits per heavy atom. The number of aliphatic hydroxyl groups excluding tert-OH is 4. The van der Waals surface area contributed by atoms with Crippen molar-refractivity contribution in [2.75, 3.05) is 6.61 Å². The maximum Gasteiger partial charge on any atom is 0.151 e. The van der Waals surface area contributed by atoms with Crippen LogP contribution in [0.1, 0.15) is 12.5 Å². The summed E-state index contributed by atoms with van der Waals surface area (Å²) in [7, 11) is 0. The minimum Gasteiger partial charge on any atom is -0.394 e. The molecular weight excluding hydrogens is 236 g/mol. The molecule has 1 rings (SSSR count). The number of rotatable bonds is 5. The van der Waals surface area contributed by atoms with Gasteiger partial charge in [0.2, 0.25) is 0 Å². The first kappa shape index (κ1) is 16.7. The van der Waals surface area contributed by atoms with Crippen LogP contribution in [0.4, 0.5) is 0 Å². The summed E-state index contributed by atoms with van der Waals surface area (Å²) in [5, 5.41) is 34.1. The molecule has 18 heavy (non-hydrogen) atoms. The minimum atomic E-state index is -1.64. The van der Waals surface area contributed by atoms with Crippen LogP contribution >= 0.6 is 0 Å². The molecule has 0 aliphatic carbocycles. The quantitative estimate of drug-likeness (QED) is 0.533. The van der Waals surface area contributed by atoms with Crippen LogP contribution in [0.15, 0.2) is 30.3 Å². The van der Waals surface area contributed by atoms with E-state index in [1.54, 1.807) is 0 Å². The van der Waals surface area contributed by atoms with Crippen LogP contribution in [-0.4, -0.2) is 51.6 Å². The van der Waals surface area contributed by atoms with Gasteiger partial charge in [-0.15, -0.1) is 0 Å². The molecule has 5 heteroatoms. The van der Waals surface area contributed by atoms with Gasteiger partial charge in [0.05, 0.1) is 6.61 Å². The summed E-state index contributed by atoms with van der Waals surface area (Å²) >= 11 is 0. The van der Waals surface area contributed by atoms with Crippen molar-refractivity contribution in [1.82, 2.24) is 0 Å². The van der Waals surface area contributed by atoms with Gasteiger partial charge >= 0.3 is 0 Å². The van der Waals surface area contributed by atoms with Crippen LogP contribution < -0.4 is 0 Å². The molecule has 0 radical (unpaired) electrons. The van der Waals surface area contributed by atoms with E-state index < -0.39 is 24.9 Å². The first-order valence-electron chi connectivity index (χ1n) is 5.71. The smallest absolute Gasteiger partial charge is 0.151 e. The minimum absolute atomic E-state index is 0.0869. The van der Waals surface area contributed by atoms with Gasteiger partial charge < -0.3 is 25.2 Å². The summed E-state index contributed by atoms with van der Waals surface area (Å²) in [5.41, 5.74) is 1.41. The van der Waals surface area contributed by atoms with Crippen molar-refractivity contribution >= 4 is 6.29 Å². The fourth-order valence-electron chi connectivity index (χ4n) is 1.13. The predicted molar refractivity (Wildman–Crippen MR) is 67.0 cm³/mol. The molecule has 0 aliphatic heterocycles. The topological polar surface area (TPSA) is 98.0 Å². The van der Waals surface area contributed by atoms with Crippen LogP contribution in [0.5, 0.6) is 0 Å². The van der Waals surface area contributed by atoms with Crippen molar-refractivity contribution < 1.29 is 25.2 Å². The molecule has 1 aromatic rings. The maximum atomic E-state index is 9.76. The summed E-state index contributed by atoms with van der Waals surface area (Å²) in [6.07, 6.45) is -3.49. The molecule has 1 aromatic carbocycles. The van der Waals surface area contributed by atoms with E-state index in [4.69, 9.17) is 20.4 Å². The lowest BCUT2D eigenvalue weighted by Gasteiger charge is -2.16. The highest BCUT2D eigenvalue weighted by Crippen LogP contribution is 1.97. The van der Waals surface area contributed by atoms with Crippen LogP contribution in [0.2, 0.25) is 0 Å². The zero-order chi connectivity index (χ0) is 14.0. The van der Waals surface area contributed by atoms with Crippen LogP contribution in [0.3, 0.4) is 0 Å². The van der Waals surface area contributed by atoms with Gasteiger partial charge in [-0.2, -0.15) is 0 Å². The number of hydrogen-bond acceptors (Lipinski definition) is 5. The van der Waals surface area contributed by atoms with Crippen molar-refractivity contribution in [3.63, 3.8) is 0 Å². The molecule has 0 fully saturated rings. The van der Waals surface area contributed by atoms with Crippen molar-refractivity contribution in [3.05, 3.63) is 35.9 Å². The Morgan fingerprint density at radius 2 is 1.72 bits per heavy atom. The summed E-state index contributed by atoms with van der Waals surface area (Å²) in [6, 6.07) is 10.5. The molecule has 3 atom stereocenters. The maximum absolute atomic E-state index is 9.76. The van der Waals surface area contributed by atoms with E-state index in [1.807, 2.05) is 6.07 Å². The highest BCUT2D eigenvalue weighted by Gasteiger charge is 2.22. The summed E-state index contributed by atoms with van der Waals surface area (Å²) in [4.78, 5) is 9.76. The standard InChI is InChI=1S/C8H10.C5H10O5/c1-2-8-6-4-3-5-7-8;6-1-3(8)5(10)4(9)2-7/h3-7H,2H2,1H3;1,3-5,7-10H,2H2. The van der Waals surface area contributed by atoms with Crippen molar-refractivity contribution in [3.8, 4) is 0 Å². The zero-order valence-corrected chi connectivity index (χ0v) is 10.3. The lowest BCUT2D eigenvalue weighted by atomic mass is 10.1. The first-order valence-corrected chi connectivity index (χ1v) is 5.71. The number of benzene rings is 1. The summed E-state index contributed by atoms with van der Waals surface area (Å²) in [6.45, 7) is 1.47. The molecule has 0 spiro atoms. The molecule has 0 bridgehead atoms. The Hall–Kier alpha value is -1.27. The van der Waals surface area contributed by atoms with Gasteiger partial charge in [-0.25, -0.2) is 0 Å². The van der Waals surface area contributed by atoms with E-state index in [9.17, 15) is 4.79 Å². The number of aliphatic hydroxyl groups is 4. The number of carbonyl (C=O) groups is 1. The molecular formula is C13H20O5. The van der Waals surface area contributed by atoms with Gasteiger partial charge in [0.1, 0.15) is 18.3 Å². The molecule has 5 nitrogen and oxygen atoms in total. The van der Waals surface area contributed by atoms with Gasteiger partial charge in [-0.05, 0) is 12.0 Å². The van der Waals surface area contributed by atoms with E-state index in [0.717, 1.165) is 6.42 Å². The van der Waals surface area contributed by atoms with E-state index in [-0.39, 0.29) is 6.29 Å². The van der Waals surface area contributed by atoms with Gasteiger partial charge in [-0.1, -0.05) is 37.3 Å². The average Bonchev–Trinajstić information content (AvgIpc) is 2.46. The molecule has 102 valence electrons. The molecule has 0 amide bonds. The third-order valence-corrected chi connectivity index (χ3v) is 2.32. The molecule has 0 aromatic heterocycles. The second-order valence-electron chi connectivity index (χ2n) is 3.71. The Morgan fingerprint density at radius 1 is 1.17 bits per heavy atom. The Kier molecular flexibility index (Phi) is 9.04. The molecule has 0 aliphatic rings. The predicted octanol–water partition coefficient (Wildman–Crippen LogP) is -0.491.